The molecule has 0 aromatic carbocycles. The maximum absolute atomic E-state index is 12.5. The average molecular weight is 303 g/mol. The zero-order chi connectivity index (χ0) is 15.5. The van der Waals surface area contributed by atoms with Crippen LogP contribution >= 0.6 is 0 Å². The van der Waals surface area contributed by atoms with Gasteiger partial charge in [0.2, 0.25) is 10.0 Å². The van der Waals surface area contributed by atoms with Gasteiger partial charge in [-0.25, -0.2) is 13.1 Å². The van der Waals surface area contributed by atoms with E-state index in [0.717, 1.165) is 6.42 Å². The predicted molar refractivity (Wildman–Crippen MR) is 78.0 cm³/mol. The summed E-state index contributed by atoms with van der Waals surface area (Å²) in [4.78, 5) is 0.223. The van der Waals surface area contributed by atoms with E-state index in [-0.39, 0.29) is 23.5 Å². The van der Waals surface area contributed by atoms with Crippen molar-refractivity contribution in [1.29, 1.82) is 0 Å². The van der Waals surface area contributed by atoms with Crippen LogP contribution in [0.5, 0.6) is 0 Å². The Balaban J connectivity index is 3.10. The summed E-state index contributed by atoms with van der Waals surface area (Å²) in [6.45, 7) is 9.52. The molecule has 0 aliphatic carbocycles. The Kier molecular flexibility index (Phi) is 5.73. The van der Waals surface area contributed by atoms with E-state index in [0.29, 0.717) is 17.9 Å². The molecule has 0 amide bonds. The summed E-state index contributed by atoms with van der Waals surface area (Å²) in [5, 5.41) is 13.1. The van der Waals surface area contributed by atoms with Crippen molar-refractivity contribution in [1.82, 2.24) is 14.5 Å². The van der Waals surface area contributed by atoms with Crippen molar-refractivity contribution in [3.8, 4) is 0 Å². The van der Waals surface area contributed by atoms with Gasteiger partial charge in [0.05, 0.1) is 24.5 Å². The van der Waals surface area contributed by atoms with Crippen LogP contribution in [0.15, 0.2) is 4.90 Å². The highest BCUT2D eigenvalue weighted by molar-refractivity contribution is 7.89. The first-order valence-corrected chi connectivity index (χ1v) is 8.40. The van der Waals surface area contributed by atoms with Gasteiger partial charge >= 0.3 is 0 Å². The molecule has 0 aliphatic heterocycles. The highest BCUT2D eigenvalue weighted by Gasteiger charge is 2.27. The van der Waals surface area contributed by atoms with Gasteiger partial charge in [-0.2, -0.15) is 5.10 Å². The highest BCUT2D eigenvalue weighted by atomic mass is 32.2. The van der Waals surface area contributed by atoms with Gasteiger partial charge in [-0.3, -0.25) is 4.68 Å². The Labute approximate surface area is 121 Å². The van der Waals surface area contributed by atoms with E-state index in [1.807, 2.05) is 20.8 Å². The molecule has 116 valence electrons. The van der Waals surface area contributed by atoms with E-state index in [1.165, 1.54) is 4.68 Å². The standard InChI is InChI=1S/C13H25N3O3S/c1-6-9(2)10(3)15-20(18,19)13-11(4)14-16(7-8-17)12(13)5/h9-10,15,17H,6-8H2,1-5H3. The number of hydrogen-bond acceptors (Lipinski definition) is 4. The number of aryl methyl sites for hydroxylation is 1. The minimum atomic E-state index is -3.59. The molecular weight excluding hydrogens is 278 g/mol. The normalized spacial score (nSPS) is 15.3. The lowest BCUT2D eigenvalue weighted by atomic mass is 10.0. The summed E-state index contributed by atoms with van der Waals surface area (Å²) in [5.41, 5.74) is 1.01. The third-order valence-corrected chi connectivity index (χ3v) is 5.54. The summed E-state index contributed by atoms with van der Waals surface area (Å²) in [6, 6.07) is -0.134. The molecule has 1 aromatic rings. The first kappa shape index (κ1) is 17.1. The van der Waals surface area contributed by atoms with E-state index in [4.69, 9.17) is 5.11 Å². The molecule has 2 N–H and O–H groups in total. The molecule has 1 aromatic heterocycles. The SMILES string of the molecule is CCC(C)C(C)NS(=O)(=O)c1c(C)nn(CCO)c1C. The van der Waals surface area contributed by atoms with Gasteiger partial charge in [0, 0.05) is 6.04 Å². The molecule has 2 unspecified atom stereocenters. The monoisotopic (exact) mass is 303 g/mol. The van der Waals surface area contributed by atoms with Crippen molar-refractivity contribution < 1.29 is 13.5 Å². The number of sulfonamides is 1. The topological polar surface area (TPSA) is 84.2 Å². The van der Waals surface area contributed by atoms with Crippen LogP contribution in [0.2, 0.25) is 0 Å². The lowest BCUT2D eigenvalue weighted by Gasteiger charge is -2.19. The van der Waals surface area contributed by atoms with Crippen LogP contribution in [0.4, 0.5) is 0 Å². The third-order valence-electron chi connectivity index (χ3n) is 3.73. The first-order valence-electron chi connectivity index (χ1n) is 6.91. The highest BCUT2D eigenvalue weighted by Crippen LogP contribution is 2.20. The fourth-order valence-electron chi connectivity index (χ4n) is 2.16. The van der Waals surface area contributed by atoms with Gasteiger partial charge in [-0.1, -0.05) is 20.3 Å². The number of rotatable bonds is 7. The Morgan fingerprint density at radius 3 is 2.45 bits per heavy atom. The second-order valence-corrected chi connectivity index (χ2v) is 6.89. The Bertz CT molecular complexity index is 551. The number of nitrogens with one attached hydrogen (secondary N) is 1. The number of aromatic nitrogens is 2. The van der Waals surface area contributed by atoms with Crippen molar-refractivity contribution in [2.75, 3.05) is 6.61 Å². The number of hydrogen-bond donors (Lipinski definition) is 2. The fraction of sp³-hybridized carbons (Fsp3) is 0.769. The molecule has 0 spiro atoms. The molecule has 0 fully saturated rings. The maximum Gasteiger partial charge on any atom is 0.244 e. The van der Waals surface area contributed by atoms with Crippen molar-refractivity contribution in [2.45, 2.75) is 58.5 Å². The van der Waals surface area contributed by atoms with Gasteiger partial charge in [-0.05, 0) is 26.7 Å². The van der Waals surface area contributed by atoms with Crippen LogP contribution in [-0.2, 0) is 16.6 Å². The first-order chi connectivity index (χ1) is 9.24. The van der Waals surface area contributed by atoms with Gasteiger partial charge < -0.3 is 5.11 Å². The molecule has 7 heteroatoms. The van der Waals surface area contributed by atoms with E-state index in [2.05, 4.69) is 9.82 Å². The van der Waals surface area contributed by atoms with Gasteiger partial charge in [0.1, 0.15) is 4.90 Å². The van der Waals surface area contributed by atoms with E-state index >= 15 is 0 Å². The summed E-state index contributed by atoms with van der Waals surface area (Å²) >= 11 is 0. The van der Waals surface area contributed by atoms with E-state index in [1.54, 1.807) is 13.8 Å². The second-order valence-electron chi connectivity index (χ2n) is 5.24. The summed E-state index contributed by atoms with van der Waals surface area (Å²) in [5.74, 6) is 0.262. The number of aliphatic hydroxyl groups is 1. The van der Waals surface area contributed by atoms with Crippen LogP contribution in [0.3, 0.4) is 0 Å². The molecule has 6 nitrogen and oxygen atoms in total. The molecule has 0 bridgehead atoms. The zero-order valence-corrected chi connectivity index (χ0v) is 13.7. The molecule has 0 radical (unpaired) electrons. The number of aliphatic hydroxyl groups excluding tert-OH is 1. The average Bonchev–Trinajstić information content (AvgIpc) is 2.63. The van der Waals surface area contributed by atoms with Crippen molar-refractivity contribution in [3.63, 3.8) is 0 Å². The minimum absolute atomic E-state index is 0.0713. The van der Waals surface area contributed by atoms with E-state index in [9.17, 15) is 8.42 Å². The zero-order valence-electron chi connectivity index (χ0n) is 12.8. The molecule has 1 rings (SSSR count). The molecule has 2 atom stereocenters. The lowest BCUT2D eigenvalue weighted by molar-refractivity contribution is 0.267. The summed E-state index contributed by atoms with van der Waals surface area (Å²) < 4.78 is 29.2. The lowest BCUT2D eigenvalue weighted by Crippen LogP contribution is -2.37. The molecule has 0 aliphatic rings. The van der Waals surface area contributed by atoms with Crippen LogP contribution in [0, 0.1) is 19.8 Å². The Hall–Kier alpha value is -0.920. The van der Waals surface area contributed by atoms with Crippen LogP contribution in [-0.4, -0.2) is 36.0 Å². The van der Waals surface area contributed by atoms with Crippen molar-refractivity contribution in [3.05, 3.63) is 11.4 Å². The maximum atomic E-state index is 12.5. The van der Waals surface area contributed by atoms with Gasteiger partial charge in [0.25, 0.3) is 0 Å². The van der Waals surface area contributed by atoms with Crippen LogP contribution in [0.25, 0.3) is 0 Å². The second kappa shape index (κ2) is 6.69. The molecule has 0 saturated carbocycles. The van der Waals surface area contributed by atoms with Crippen LogP contribution in [0.1, 0.15) is 38.6 Å². The smallest absolute Gasteiger partial charge is 0.244 e. The van der Waals surface area contributed by atoms with Crippen molar-refractivity contribution in [2.24, 2.45) is 5.92 Å². The summed E-state index contributed by atoms with van der Waals surface area (Å²) in [7, 11) is -3.59. The third kappa shape index (κ3) is 3.59. The van der Waals surface area contributed by atoms with Crippen LogP contribution < -0.4 is 4.72 Å². The molecule has 20 heavy (non-hydrogen) atoms. The minimum Gasteiger partial charge on any atom is -0.394 e. The van der Waals surface area contributed by atoms with Gasteiger partial charge in [-0.15, -0.1) is 0 Å². The largest absolute Gasteiger partial charge is 0.394 e. The Morgan fingerprint density at radius 2 is 1.95 bits per heavy atom. The Morgan fingerprint density at radius 1 is 1.35 bits per heavy atom. The fourth-order valence-corrected chi connectivity index (χ4v) is 3.92. The summed E-state index contributed by atoms with van der Waals surface area (Å²) in [6.07, 6.45) is 0.908. The van der Waals surface area contributed by atoms with Gasteiger partial charge in [0.15, 0.2) is 0 Å². The molecular formula is C13H25N3O3S. The van der Waals surface area contributed by atoms with Crippen molar-refractivity contribution >= 4 is 10.0 Å². The molecule has 0 saturated heterocycles. The number of nitrogens with zero attached hydrogens (tertiary/aromatic N) is 2. The molecule has 1 heterocycles. The van der Waals surface area contributed by atoms with E-state index < -0.39 is 10.0 Å². The quantitative estimate of drug-likeness (QED) is 0.793. The predicted octanol–water partition coefficient (Wildman–Crippen LogP) is 1.21.